The molecule has 6 nitrogen and oxygen atoms in total. The van der Waals surface area contributed by atoms with Crippen molar-refractivity contribution < 1.29 is 9.90 Å². The SMILES string of the molecule is Cc1nc(-c2cccc(C(=O)N3CCC(CO)C3)c2)n[nH]1. The molecule has 1 amide bonds. The molecule has 0 radical (unpaired) electrons. The summed E-state index contributed by atoms with van der Waals surface area (Å²) in [6.07, 6.45) is 0.863. The Bertz CT molecular complexity index is 653. The highest BCUT2D eigenvalue weighted by Crippen LogP contribution is 2.21. The first-order valence-corrected chi connectivity index (χ1v) is 7.07. The van der Waals surface area contributed by atoms with Gasteiger partial charge in [-0.2, -0.15) is 5.10 Å². The van der Waals surface area contributed by atoms with E-state index in [1.807, 2.05) is 25.1 Å². The standard InChI is InChI=1S/C15H18N4O2/c1-10-16-14(18-17-10)12-3-2-4-13(7-12)15(21)19-6-5-11(8-19)9-20/h2-4,7,11,20H,5-6,8-9H2,1H3,(H,16,17,18). The maximum Gasteiger partial charge on any atom is 0.253 e. The minimum atomic E-state index is 0.0000534. The first kappa shape index (κ1) is 13.8. The van der Waals surface area contributed by atoms with Crippen molar-refractivity contribution in [1.82, 2.24) is 20.1 Å². The summed E-state index contributed by atoms with van der Waals surface area (Å²) in [5, 5.41) is 16.1. The predicted molar refractivity (Wildman–Crippen MR) is 77.7 cm³/mol. The quantitative estimate of drug-likeness (QED) is 0.889. The number of nitrogens with one attached hydrogen (secondary N) is 1. The van der Waals surface area contributed by atoms with Gasteiger partial charge in [0.15, 0.2) is 5.82 Å². The van der Waals surface area contributed by atoms with Crippen molar-refractivity contribution in [3.8, 4) is 11.4 Å². The van der Waals surface area contributed by atoms with E-state index in [1.54, 1.807) is 11.0 Å². The van der Waals surface area contributed by atoms with Gasteiger partial charge in [0.2, 0.25) is 0 Å². The van der Waals surface area contributed by atoms with Gasteiger partial charge in [-0.1, -0.05) is 12.1 Å². The monoisotopic (exact) mass is 286 g/mol. The molecule has 21 heavy (non-hydrogen) atoms. The van der Waals surface area contributed by atoms with Crippen LogP contribution in [0.1, 0.15) is 22.6 Å². The van der Waals surface area contributed by atoms with Crippen molar-refractivity contribution in [2.24, 2.45) is 5.92 Å². The highest BCUT2D eigenvalue weighted by atomic mass is 16.3. The van der Waals surface area contributed by atoms with Crippen molar-refractivity contribution in [1.29, 1.82) is 0 Å². The molecular formula is C15H18N4O2. The van der Waals surface area contributed by atoms with Crippen LogP contribution in [0.15, 0.2) is 24.3 Å². The Kier molecular flexibility index (Phi) is 3.70. The number of nitrogens with zero attached hydrogens (tertiary/aromatic N) is 3. The number of benzene rings is 1. The molecule has 1 fully saturated rings. The number of carbonyl (C=O) groups excluding carboxylic acids is 1. The molecule has 3 rings (SSSR count). The van der Waals surface area contributed by atoms with E-state index >= 15 is 0 Å². The average Bonchev–Trinajstić information content (AvgIpc) is 3.15. The molecule has 2 N–H and O–H groups in total. The predicted octanol–water partition coefficient (Wildman–Crippen LogP) is 1.23. The minimum Gasteiger partial charge on any atom is -0.396 e. The van der Waals surface area contributed by atoms with Crippen LogP contribution < -0.4 is 0 Å². The molecule has 2 aromatic rings. The fourth-order valence-electron chi connectivity index (χ4n) is 2.61. The maximum absolute atomic E-state index is 12.5. The van der Waals surface area contributed by atoms with Gasteiger partial charge in [-0.25, -0.2) is 4.98 Å². The van der Waals surface area contributed by atoms with Gasteiger partial charge in [0.1, 0.15) is 5.82 Å². The molecule has 1 saturated heterocycles. The molecule has 2 heterocycles. The summed E-state index contributed by atoms with van der Waals surface area (Å²) in [6.45, 7) is 3.30. The van der Waals surface area contributed by atoms with Crippen LogP contribution in [-0.2, 0) is 0 Å². The zero-order chi connectivity index (χ0) is 14.8. The van der Waals surface area contributed by atoms with E-state index in [1.165, 1.54) is 0 Å². The second kappa shape index (κ2) is 5.65. The van der Waals surface area contributed by atoms with E-state index in [0.29, 0.717) is 24.5 Å². The van der Waals surface area contributed by atoms with E-state index in [2.05, 4.69) is 15.2 Å². The number of aliphatic hydroxyl groups is 1. The number of hydrogen-bond donors (Lipinski definition) is 2. The number of aromatic amines is 1. The molecule has 110 valence electrons. The van der Waals surface area contributed by atoms with Crippen LogP contribution in [0.2, 0.25) is 0 Å². The van der Waals surface area contributed by atoms with Crippen molar-refractivity contribution in [2.45, 2.75) is 13.3 Å². The smallest absolute Gasteiger partial charge is 0.253 e. The van der Waals surface area contributed by atoms with Gasteiger partial charge < -0.3 is 10.0 Å². The lowest BCUT2D eigenvalue weighted by molar-refractivity contribution is 0.0782. The molecule has 6 heteroatoms. The number of hydrogen-bond acceptors (Lipinski definition) is 4. The van der Waals surface area contributed by atoms with Crippen LogP contribution in [0.3, 0.4) is 0 Å². The molecule has 1 aromatic heterocycles. The molecule has 1 atom stereocenters. The number of likely N-dealkylation sites (tertiary alicyclic amines) is 1. The Labute approximate surface area is 122 Å². The van der Waals surface area contributed by atoms with Crippen LogP contribution in [0, 0.1) is 12.8 Å². The number of carbonyl (C=O) groups is 1. The molecule has 0 aliphatic carbocycles. The van der Waals surface area contributed by atoms with Gasteiger partial charge in [-0.3, -0.25) is 9.89 Å². The first-order valence-electron chi connectivity index (χ1n) is 7.07. The number of aromatic nitrogens is 3. The summed E-state index contributed by atoms with van der Waals surface area (Å²) >= 11 is 0. The van der Waals surface area contributed by atoms with Gasteiger partial charge in [0, 0.05) is 36.7 Å². The molecule has 0 bridgehead atoms. The lowest BCUT2D eigenvalue weighted by Gasteiger charge is -2.16. The van der Waals surface area contributed by atoms with E-state index in [-0.39, 0.29) is 18.4 Å². The van der Waals surface area contributed by atoms with Crippen LogP contribution in [0.25, 0.3) is 11.4 Å². The summed E-state index contributed by atoms with van der Waals surface area (Å²) in [5.41, 5.74) is 1.46. The van der Waals surface area contributed by atoms with E-state index in [4.69, 9.17) is 0 Å². The maximum atomic E-state index is 12.5. The van der Waals surface area contributed by atoms with E-state index in [9.17, 15) is 9.90 Å². The number of rotatable bonds is 3. The van der Waals surface area contributed by atoms with Gasteiger partial charge in [-0.05, 0) is 25.5 Å². The van der Waals surface area contributed by atoms with Crippen molar-refractivity contribution in [3.05, 3.63) is 35.7 Å². The summed E-state index contributed by atoms with van der Waals surface area (Å²) in [6, 6.07) is 7.35. The molecule has 0 spiro atoms. The Hall–Kier alpha value is -2.21. The van der Waals surface area contributed by atoms with Crippen molar-refractivity contribution in [3.63, 3.8) is 0 Å². The zero-order valence-electron chi connectivity index (χ0n) is 11.9. The first-order chi connectivity index (χ1) is 10.2. The van der Waals surface area contributed by atoms with Crippen LogP contribution in [0.4, 0.5) is 0 Å². The number of aryl methyl sites for hydroxylation is 1. The lowest BCUT2D eigenvalue weighted by atomic mass is 10.1. The number of H-pyrrole nitrogens is 1. The molecule has 1 aliphatic rings. The third-order valence-electron chi connectivity index (χ3n) is 3.80. The molecule has 1 aromatic carbocycles. The summed E-state index contributed by atoms with van der Waals surface area (Å²) in [7, 11) is 0. The van der Waals surface area contributed by atoms with Crippen LogP contribution in [-0.4, -0.2) is 50.8 Å². The normalized spacial score (nSPS) is 18.2. The molecule has 1 aliphatic heterocycles. The van der Waals surface area contributed by atoms with Gasteiger partial charge in [-0.15, -0.1) is 0 Å². The lowest BCUT2D eigenvalue weighted by Crippen LogP contribution is -2.29. The fraction of sp³-hybridized carbons (Fsp3) is 0.400. The van der Waals surface area contributed by atoms with E-state index < -0.39 is 0 Å². The topological polar surface area (TPSA) is 82.1 Å². The van der Waals surface area contributed by atoms with E-state index in [0.717, 1.165) is 17.8 Å². The Morgan fingerprint density at radius 1 is 1.52 bits per heavy atom. The van der Waals surface area contributed by atoms with Crippen molar-refractivity contribution >= 4 is 5.91 Å². The van der Waals surface area contributed by atoms with Gasteiger partial charge >= 0.3 is 0 Å². The second-order valence-corrected chi connectivity index (χ2v) is 5.41. The Morgan fingerprint density at radius 2 is 2.38 bits per heavy atom. The highest BCUT2D eigenvalue weighted by Gasteiger charge is 2.26. The number of aliphatic hydroxyl groups excluding tert-OH is 1. The second-order valence-electron chi connectivity index (χ2n) is 5.41. The van der Waals surface area contributed by atoms with Crippen molar-refractivity contribution in [2.75, 3.05) is 19.7 Å². The molecule has 0 saturated carbocycles. The Balaban J connectivity index is 1.81. The number of amides is 1. The highest BCUT2D eigenvalue weighted by molar-refractivity contribution is 5.95. The van der Waals surface area contributed by atoms with Gasteiger partial charge in [0.05, 0.1) is 0 Å². The summed E-state index contributed by atoms with van der Waals surface area (Å²) < 4.78 is 0. The minimum absolute atomic E-state index is 0.0000534. The molecule has 1 unspecified atom stereocenters. The average molecular weight is 286 g/mol. The van der Waals surface area contributed by atoms with Gasteiger partial charge in [0.25, 0.3) is 5.91 Å². The summed E-state index contributed by atoms with van der Waals surface area (Å²) in [4.78, 5) is 18.6. The zero-order valence-corrected chi connectivity index (χ0v) is 11.9. The molecular weight excluding hydrogens is 268 g/mol. The Morgan fingerprint density at radius 3 is 3.05 bits per heavy atom. The third-order valence-corrected chi connectivity index (χ3v) is 3.80. The van der Waals surface area contributed by atoms with Crippen LogP contribution in [0.5, 0.6) is 0 Å². The largest absolute Gasteiger partial charge is 0.396 e. The van der Waals surface area contributed by atoms with Crippen LogP contribution >= 0.6 is 0 Å². The summed E-state index contributed by atoms with van der Waals surface area (Å²) in [5.74, 6) is 1.54. The third kappa shape index (κ3) is 2.80. The fourth-order valence-corrected chi connectivity index (χ4v) is 2.61.